The first kappa shape index (κ1) is 21.0. The fourth-order valence-electron chi connectivity index (χ4n) is 2.57. The summed E-state index contributed by atoms with van der Waals surface area (Å²) in [5.41, 5.74) is -0.856. The van der Waals surface area contributed by atoms with Crippen molar-refractivity contribution in [1.82, 2.24) is 0 Å². The normalized spacial score (nSPS) is 16.1. The van der Waals surface area contributed by atoms with E-state index >= 15 is 0 Å². The zero-order valence-electron chi connectivity index (χ0n) is 16.5. The van der Waals surface area contributed by atoms with Crippen molar-refractivity contribution in [1.29, 1.82) is 0 Å². The van der Waals surface area contributed by atoms with Gasteiger partial charge in [0.25, 0.3) is 0 Å². The van der Waals surface area contributed by atoms with Gasteiger partial charge in [-0.3, -0.25) is 9.59 Å². The number of anilines is 2. The third kappa shape index (κ3) is 5.12. The fraction of sp³-hybridized carbons (Fsp3) is 0.556. The number of ether oxygens (including phenoxy) is 2. The van der Waals surface area contributed by atoms with E-state index in [0.717, 1.165) is 8.61 Å². The van der Waals surface area contributed by atoms with Gasteiger partial charge in [-0.25, -0.2) is 8.61 Å². The van der Waals surface area contributed by atoms with Crippen molar-refractivity contribution >= 4 is 33.5 Å². The maximum absolute atomic E-state index is 13.0. The third-order valence-electron chi connectivity index (χ3n) is 3.36. The van der Waals surface area contributed by atoms with Crippen molar-refractivity contribution in [3.8, 4) is 0 Å². The summed E-state index contributed by atoms with van der Waals surface area (Å²) < 4.78 is 38.3. The number of hydrogen-bond donors (Lipinski definition) is 0. The van der Waals surface area contributed by atoms with E-state index < -0.39 is 46.4 Å². The lowest BCUT2D eigenvalue weighted by atomic mass is 10.2. The highest BCUT2D eigenvalue weighted by molar-refractivity contribution is 7.94. The van der Waals surface area contributed by atoms with E-state index in [2.05, 4.69) is 0 Å². The summed E-state index contributed by atoms with van der Waals surface area (Å²) >= 11 is 0. The molecule has 0 aliphatic carbocycles. The Morgan fingerprint density at radius 3 is 1.44 bits per heavy atom. The van der Waals surface area contributed by atoms with Gasteiger partial charge in [0.15, 0.2) is 0 Å². The molecule has 0 saturated heterocycles. The van der Waals surface area contributed by atoms with Gasteiger partial charge < -0.3 is 9.47 Å². The van der Waals surface area contributed by atoms with Crippen LogP contribution in [0.15, 0.2) is 24.3 Å². The van der Waals surface area contributed by atoms with Crippen molar-refractivity contribution < 1.29 is 27.5 Å². The molecule has 150 valence electrons. The Morgan fingerprint density at radius 2 is 1.15 bits per heavy atom. The second-order valence-electron chi connectivity index (χ2n) is 8.18. The molecule has 8 nitrogen and oxygen atoms in total. The van der Waals surface area contributed by atoms with Crippen molar-refractivity contribution in [2.75, 3.05) is 21.7 Å². The number of benzene rings is 1. The molecule has 9 heteroatoms. The van der Waals surface area contributed by atoms with Gasteiger partial charge in [-0.05, 0) is 53.7 Å². The summed E-state index contributed by atoms with van der Waals surface area (Å²) in [4.78, 5) is 24.4. The molecule has 1 aromatic rings. The third-order valence-corrected chi connectivity index (χ3v) is 5.13. The molecule has 27 heavy (non-hydrogen) atoms. The van der Waals surface area contributed by atoms with Gasteiger partial charge >= 0.3 is 22.1 Å². The molecule has 1 aromatic carbocycles. The molecule has 0 aromatic heterocycles. The molecule has 0 N–H and O–H groups in total. The smallest absolute Gasteiger partial charge is 0.327 e. The molecule has 0 saturated carbocycles. The Bertz CT molecular complexity index is 773. The molecule has 0 spiro atoms. The number of esters is 2. The molecule has 0 unspecified atom stereocenters. The summed E-state index contributed by atoms with van der Waals surface area (Å²) in [7, 11) is -4.12. The molecular weight excluding hydrogens is 372 g/mol. The predicted molar refractivity (Wildman–Crippen MR) is 102 cm³/mol. The molecular formula is C18H26N2O6S. The maximum Gasteiger partial charge on any atom is 0.327 e. The average Bonchev–Trinajstić information content (AvgIpc) is 2.65. The molecule has 2 rings (SSSR count). The maximum atomic E-state index is 13.0. The molecule has 0 radical (unpaired) electrons. The highest BCUT2D eigenvalue weighted by atomic mass is 32.2. The number of fused-ring (bicyclic) bond motifs is 1. The van der Waals surface area contributed by atoms with Crippen LogP contribution in [0.2, 0.25) is 0 Å². The highest BCUT2D eigenvalue weighted by Crippen LogP contribution is 2.40. The van der Waals surface area contributed by atoms with Crippen LogP contribution in [-0.4, -0.2) is 44.6 Å². The standard InChI is InChI=1S/C18H26N2O6S/c1-17(2,3)25-15(21)11-19-13-9-7-8-10-14(13)20(27(19,23)24)12-16(22)26-18(4,5)6/h7-10H,11-12H2,1-6H3. The van der Waals surface area contributed by atoms with Gasteiger partial charge in [-0.15, -0.1) is 0 Å². The van der Waals surface area contributed by atoms with E-state index in [1.165, 1.54) is 0 Å². The van der Waals surface area contributed by atoms with Crippen LogP contribution in [0, 0.1) is 0 Å². The van der Waals surface area contributed by atoms with E-state index in [-0.39, 0.29) is 0 Å². The van der Waals surface area contributed by atoms with Crippen LogP contribution in [0.25, 0.3) is 0 Å². The Balaban J connectivity index is 2.31. The van der Waals surface area contributed by atoms with Crippen LogP contribution >= 0.6 is 0 Å². The zero-order valence-corrected chi connectivity index (χ0v) is 17.3. The van der Waals surface area contributed by atoms with E-state index in [0.29, 0.717) is 11.4 Å². The highest BCUT2D eigenvalue weighted by Gasteiger charge is 2.43. The molecule has 0 atom stereocenters. The van der Waals surface area contributed by atoms with E-state index in [4.69, 9.17) is 9.47 Å². The van der Waals surface area contributed by atoms with Gasteiger partial charge in [0, 0.05) is 0 Å². The topological polar surface area (TPSA) is 93.2 Å². The summed E-state index contributed by atoms with van der Waals surface area (Å²) in [6.45, 7) is 9.23. The summed E-state index contributed by atoms with van der Waals surface area (Å²) in [6.07, 6.45) is 0. The van der Waals surface area contributed by atoms with E-state index in [1.54, 1.807) is 65.8 Å². The van der Waals surface area contributed by atoms with Gasteiger partial charge in [0.2, 0.25) is 0 Å². The second-order valence-corrected chi connectivity index (χ2v) is 9.96. The van der Waals surface area contributed by atoms with Gasteiger partial charge in [0.05, 0.1) is 11.4 Å². The number of hydrogen-bond acceptors (Lipinski definition) is 6. The van der Waals surface area contributed by atoms with Crippen LogP contribution in [0.4, 0.5) is 11.4 Å². The van der Waals surface area contributed by atoms with Gasteiger partial charge in [0.1, 0.15) is 24.3 Å². The monoisotopic (exact) mass is 398 g/mol. The van der Waals surface area contributed by atoms with Gasteiger partial charge in [-0.2, -0.15) is 8.42 Å². The Morgan fingerprint density at radius 1 is 0.815 bits per heavy atom. The number of rotatable bonds is 4. The first-order chi connectivity index (χ1) is 12.2. The number of carbonyl (C=O) groups excluding carboxylic acids is 2. The minimum absolute atomic E-state index is 0.312. The summed E-state index contributed by atoms with van der Waals surface area (Å²) in [5, 5.41) is 0. The Kier molecular flexibility index (Phi) is 5.47. The van der Waals surface area contributed by atoms with Crippen LogP contribution in [0.3, 0.4) is 0 Å². The van der Waals surface area contributed by atoms with E-state index in [1.807, 2.05) is 0 Å². The SMILES string of the molecule is CC(C)(C)OC(=O)CN1c2ccccc2N(CC(=O)OC(C)(C)C)S1(=O)=O. The molecule has 0 bridgehead atoms. The Labute approximate surface area is 160 Å². The fourth-order valence-corrected chi connectivity index (χ4v) is 4.15. The molecule has 1 heterocycles. The van der Waals surface area contributed by atoms with Crippen LogP contribution in [0.1, 0.15) is 41.5 Å². The lowest BCUT2D eigenvalue weighted by molar-refractivity contribution is -0.153. The van der Waals surface area contributed by atoms with Crippen molar-refractivity contribution in [2.45, 2.75) is 52.7 Å². The summed E-state index contributed by atoms with van der Waals surface area (Å²) in [5.74, 6) is -1.36. The number of para-hydroxylation sites is 2. The largest absolute Gasteiger partial charge is 0.459 e. The molecule has 0 amide bonds. The van der Waals surface area contributed by atoms with Gasteiger partial charge in [-0.1, -0.05) is 12.1 Å². The minimum Gasteiger partial charge on any atom is -0.459 e. The molecule has 0 fully saturated rings. The van der Waals surface area contributed by atoms with Crippen LogP contribution in [0.5, 0.6) is 0 Å². The number of carbonyl (C=O) groups is 2. The molecule has 1 aliphatic rings. The molecule has 1 aliphatic heterocycles. The average molecular weight is 398 g/mol. The lowest BCUT2D eigenvalue weighted by Crippen LogP contribution is -2.44. The van der Waals surface area contributed by atoms with Crippen molar-refractivity contribution in [3.05, 3.63) is 24.3 Å². The first-order valence-electron chi connectivity index (χ1n) is 8.54. The van der Waals surface area contributed by atoms with Crippen LogP contribution in [-0.2, 0) is 29.3 Å². The van der Waals surface area contributed by atoms with Crippen LogP contribution < -0.4 is 8.61 Å². The second kappa shape index (κ2) is 7.03. The quantitative estimate of drug-likeness (QED) is 0.722. The van der Waals surface area contributed by atoms with Crippen molar-refractivity contribution in [3.63, 3.8) is 0 Å². The van der Waals surface area contributed by atoms with E-state index in [9.17, 15) is 18.0 Å². The summed E-state index contributed by atoms with van der Waals surface area (Å²) in [6, 6.07) is 6.47. The first-order valence-corrected chi connectivity index (χ1v) is 9.93. The minimum atomic E-state index is -4.12. The predicted octanol–water partition coefficient (Wildman–Crippen LogP) is 2.24. The Hall–Kier alpha value is -2.29. The lowest BCUT2D eigenvalue weighted by Gasteiger charge is -2.25. The van der Waals surface area contributed by atoms with Crippen molar-refractivity contribution in [2.24, 2.45) is 0 Å². The zero-order chi connectivity index (χ0) is 20.6. The number of nitrogens with zero attached hydrogens (tertiary/aromatic N) is 2.